The van der Waals surface area contributed by atoms with Crippen LogP contribution in [0.5, 0.6) is 0 Å². The second-order valence-corrected chi connectivity index (χ2v) is 8.98. The van der Waals surface area contributed by atoms with Crippen molar-refractivity contribution in [1.29, 1.82) is 0 Å². The first-order valence-electron chi connectivity index (χ1n) is 8.48. The van der Waals surface area contributed by atoms with Crippen LogP contribution in [0.1, 0.15) is 44.9 Å². The van der Waals surface area contributed by atoms with Gasteiger partial charge in [-0.1, -0.05) is 6.42 Å². The highest BCUT2D eigenvalue weighted by atomic mass is 32.2. The molecule has 3 aliphatic rings. The minimum Gasteiger partial charge on any atom is -0.375 e. The Labute approximate surface area is 137 Å². The molecule has 0 aromatic carbocycles. The molecule has 0 N–H and O–H groups in total. The highest BCUT2D eigenvalue weighted by Crippen LogP contribution is 2.35. The number of piperidine rings is 1. The number of ether oxygens (including phenoxy) is 1. The fourth-order valence-corrected chi connectivity index (χ4v) is 4.85. The molecule has 2 saturated heterocycles. The second-order valence-electron chi connectivity index (χ2n) is 6.96. The highest BCUT2D eigenvalue weighted by Gasteiger charge is 2.40. The average molecular weight is 346 g/mol. The first-order chi connectivity index (χ1) is 10.9. The Bertz CT molecular complexity index is 530. The van der Waals surface area contributed by atoms with Gasteiger partial charge in [-0.05, 0) is 48.9 Å². The zero-order chi connectivity index (χ0) is 16.5. The number of likely N-dealkylation sites (tertiary alicyclic amines) is 1. The van der Waals surface area contributed by atoms with Crippen molar-refractivity contribution >= 4 is 16.1 Å². The number of rotatable bonds is 4. The molecule has 0 radical (unpaired) electrons. The van der Waals surface area contributed by atoms with Crippen molar-refractivity contribution in [3.8, 4) is 0 Å². The van der Waals surface area contributed by atoms with E-state index in [0.717, 1.165) is 56.0 Å². The van der Waals surface area contributed by atoms with Crippen molar-refractivity contribution in [3.63, 3.8) is 0 Å². The minimum atomic E-state index is -3.54. The Kier molecular flexibility index (Phi) is 4.85. The third-order valence-corrected chi connectivity index (χ3v) is 7.14. The van der Waals surface area contributed by atoms with Crippen LogP contribution in [0.25, 0.3) is 0 Å². The molecule has 0 aromatic heterocycles. The van der Waals surface area contributed by atoms with E-state index >= 15 is 0 Å². The zero-order valence-corrected chi connectivity index (χ0v) is 14.5. The van der Waals surface area contributed by atoms with Gasteiger partial charge < -0.3 is 14.5 Å². The van der Waals surface area contributed by atoms with Crippen molar-refractivity contribution < 1.29 is 22.8 Å². The molecule has 7 nitrogen and oxygen atoms in total. The Balaban J connectivity index is 1.48. The first kappa shape index (κ1) is 17.0. The normalized spacial score (nSPS) is 24.9. The van der Waals surface area contributed by atoms with Crippen LogP contribution in [0, 0.1) is 5.92 Å². The van der Waals surface area contributed by atoms with Gasteiger partial charge in [-0.15, -0.1) is 0 Å². The van der Waals surface area contributed by atoms with Crippen molar-refractivity contribution in [1.82, 2.24) is 9.37 Å². The molecule has 3 rings (SSSR count). The molecular weight excluding hydrogens is 320 g/mol. The average Bonchev–Trinajstić information content (AvgIpc) is 2.92. The summed E-state index contributed by atoms with van der Waals surface area (Å²) in [4.78, 5) is 18.8. The lowest BCUT2D eigenvalue weighted by atomic mass is 9.87. The summed E-state index contributed by atoms with van der Waals surface area (Å²) in [5.41, 5.74) is -0.0705. The molecule has 0 unspecified atom stereocenters. The number of amides is 1. The van der Waals surface area contributed by atoms with Crippen LogP contribution in [0.15, 0.2) is 0 Å². The summed E-state index contributed by atoms with van der Waals surface area (Å²) in [6, 6.07) is 0. The van der Waals surface area contributed by atoms with E-state index in [1.54, 1.807) is 4.90 Å². The van der Waals surface area contributed by atoms with E-state index in [1.807, 2.05) is 0 Å². The van der Waals surface area contributed by atoms with Crippen LogP contribution in [0.4, 0.5) is 4.79 Å². The van der Waals surface area contributed by atoms with Crippen molar-refractivity contribution in [2.45, 2.75) is 50.5 Å². The molecular formula is C15H26N2O5S. The predicted octanol–water partition coefficient (Wildman–Crippen LogP) is 1.74. The van der Waals surface area contributed by atoms with E-state index < -0.39 is 16.1 Å². The number of hydrogen-bond donors (Lipinski definition) is 0. The summed E-state index contributed by atoms with van der Waals surface area (Å²) in [6.07, 6.45) is 6.09. The summed E-state index contributed by atoms with van der Waals surface area (Å²) in [5.74, 6) is 0.267. The lowest BCUT2D eigenvalue weighted by Gasteiger charge is -2.38. The molecule has 1 spiro atoms. The molecule has 2 heterocycles. The van der Waals surface area contributed by atoms with Crippen LogP contribution in [-0.2, 0) is 19.6 Å². The van der Waals surface area contributed by atoms with E-state index in [0.29, 0.717) is 13.1 Å². The van der Waals surface area contributed by atoms with Crippen molar-refractivity contribution in [3.05, 3.63) is 0 Å². The van der Waals surface area contributed by atoms with Gasteiger partial charge in [0.25, 0.3) is 0 Å². The molecule has 1 saturated carbocycles. The maximum atomic E-state index is 12.2. The number of carbonyl (C=O) groups is 1. The SMILES string of the molecule is CN(OC(=O)N1CCC2(CCCO2)CC1)S(=O)(=O)CC1CCC1. The highest BCUT2D eigenvalue weighted by molar-refractivity contribution is 7.88. The largest absolute Gasteiger partial charge is 0.429 e. The van der Waals surface area contributed by atoms with Crippen LogP contribution in [-0.4, -0.2) is 62.0 Å². The molecule has 0 bridgehead atoms. The van der Waals surface area contributed by atoms with Crippen LogP contribution >= 0.6 is 0 Å². The standard InChI is InChI=1S/C15H26N2O5S/c1-16(23(19,20)12-13-4-2-5-13)22-14(18)17-9-7-15(8-10-17)6-3-11-21-15/h13H,2-12H2,1H3. The molecule has 1 aliphatic carbocycles. The summed E-state index contributed by atoms with van der Waals surface area (Å²) in [7, 11) is -2.23. The molecule has 0 aromatic rings. The number of nitrogens with zero attached hydrogens (tertiary/aromatic N) is 2. The van der Waals surface area contributed by atoms with Gasteiger partial charge in [0.1, 0.15) is 0 Å². The molecule has 8 heteroatoms. The maximum absolute atomic E-state index is 12.2. The van der Waals surface area contributed by atoms with E-state index in [2.05, 4.69) is 0 Å². The molecule has 2 aliphatic heterocycles. The van der Waals surface area contributed by atoms with Crippen LogP contribution in [0.3, 0.4) is 0 Å². The van der Waals surface area contributed by atoms with Gasteiger partial charge in [0, 0.05) is 26.7 Å². The topological polar surface area (TPSA) is 76.2 Å². The molecule has 0 atom stereocenters. The summed E-state index contributed by atoms with van der Waals surface area (Å²) >= 11 is 0. The minimum absolute atomic E-state index is 0.0632. The third-order valence-electron chi connectivity index (χ3n) is 5.39. The van der Waals surface area contributed by atoms with Gasteiger partial charge >= 0.3 is 6.09 Å². The Morgan fingerprint density at radius 3 is 2.48 bits per heavy atom. The van der Waals surface area contributed by atoms with E-state index in [9.17, 15) is 13.2 Å². The summed E-state index contributed by atoms with van der Waals surface area (Å²) in [6.45, 7) is 1.90. The van der Waals surface area contributed by atoms with Gasteiger partial charge in [-0.2, -0.15) is 0 Å². The van der Waals surface area contributed by atoms with Crippen LogP contribution < -0.4 is 0 Å². The molecule has 132 valence electrons. The number of hydroxylamine groups is 1. The van der Waals surface area contributed by atoms with Gasteiger partial charge in [-0.3, -0.25) is 0 Å². The maximum Gasteiger partial charge on any atom is 0.429 e. The smallest absolute Gasteiger partial charge is 0.375 e. The summed E-state index contributed by atoms with van der Waals surface area (Å²) in [5, 5.41) is 0. The molecule has 3 fully saturated rings. The number of carbonyl (C=O) groups excluding carboxylic acids is 1. The molecule has 1 amide bonds. The lowest BCUT2D eigenvalue weighted by Crippen LogP contribution is -2.48. The predicted molar refractivity (Wildman–Crippen MR) is 84.1 cm³/mol. The fraction of sp³-hybridized carbons (Fsp3) is 0.933. The lowest BCUT2D eigenvalue weighted by molar-refractivity contribution is -0.0610. The fourth-order valence-electron chi connectivity index (χ4n) is 3.53. The monoisotopic (exact) mass is 346 g/mol. The zero-order valence-electron chi connectivity index (χ0n) is 13.7. The van der Waals surface area contributed by atoms with Crippen LogP contribution in [0.2, 0.25) is 0 Å². The van der Waals surface area contributed by atoms with Crippen molar-refractivity contribution in [2.75, 3.05) is 32.5 Å². The first-order valence-corrected chi connectivity index (χ1v) is 10.1. The van der Waals surface area contributed by atoms with Gasteiger partial charge in [0.05, 0.1) is 11.4 Å². The van der Waals surface area contributed by atoms with Gasteiger partial charge in [-0.25, -0.2) is 13.2 Å². The third kappa shape index (κ3) is 3.80. The number of sulfonamides is 1. The second kappa shape index (κ2) is 6.57. The quantitative estimate of drug-likeness (QED) is 0.725. The number of hydrogen-bond acceptors (Lipinski definition) is 5. The Hall–Kier alpha value is -0.860. The van der Waals surface area contributed by atoms with E-state index in [1.165, 1.54) is 7.05 Å². The van der Waals surface area contributed by atoms with E-state index in [4.69, 9.17) is 9.57 Å². The Morgan fingerprint density at radius 1 is 1.26 bits per heavy atom. The van der Waals surface area contributed by atoms with E-state index in [-0.39, 0.29) is 17.3 Å². The summed E-state index contributed by atoms with van der Waals surface area (Å²) < 4.78 is 30.9. The van der Waals surface area contributed by atoms with Gasteiger partial charge in [0.2, 0.25) is 10.0 Å². The Morgan fingerprint density at radius 2 is 1.96 bits per heavy atom. The molecule has 23 heavy (non-hydrogen) atoms. The van der Waals surface area contributed by atoms with Gasteiger partial charge in [0.15, 0.2) is 0 Å². The van der Waals surface area contributed by atoms with Crippen molar-refractivity contribution in [2.24, 2.45) is 5.92 Å².